The van der Waals surface area contributed by atoms with Crippen LogP contribution in [0.3, 0.4) is 0 Å². The molecule has 2 aromatic carbocycles. The second kappa shape index (κ2) is 8.44. The second-order valence-electron chi connectivity index (χ2n) is 7.70. The molecule has 2 aromatic heterocycles. The fraction of sp³-hybridized carbons (Fsp3) is 0.250. The Labute approximate surface area is 184 Å². The number of thiophene rings is 1. The Balaban J connectivity index is 1.19. The molecule has 4 nitrogen and oxygen atoms in total. The minimum Gasteiger partial charge on any atom is -0.490 e. The van der Waals surface area contributed by atoms with Gasteiger partial charge < -0.3 is 14.8 Å². The number of aliphatic hydroxyl groups is 1. The van der Waals surface area contributed by atoms with Crippen LogP contribution in [0.5, 0.6) is 5.75 Å². The topological polar surface area (TPSA) is 48.5 Å². The largest absolute Gasteiger partial charge is 0.490 e. The van der Waals surface area contributed by atoms with Crippen molar-refractivity contribution >= 4 is 50.2 Å². The summed E-state index contributed by atoms with van der Waals surface area (Å²) in [5, 5.41) is 17.0. The Kier molecular flexibility index (Phi) is 5.52. The maximum atomic E-state index is 10.5. The highest BCUT2D eigenvalue weighted by Crippen LogP contribution is 2.36. The van der Waals surface area contributed by atoms with Gasteiger partial charge in [-0.1, -0.05) is 29.8 Å². The van der Waals surface area contributed by atoms with Gasteiger partial charge in [0.1, 0.15) is 18.5 Å². The first kappa shape index (κ1) is 19.6. The zero-order chi connectivity index (χ0) is 20.5. The number of nitrogens with one attached hydrogen (secondary N) is 1. The van der Waals surface area contributed by atoms with E-state index in [0.29, 0.717) is 6.54 Å². The third-order valence-electron chi connectivity index (χ3n) is 5.60. The van der Waals surface area contributed by atoms with Crippen molar-refractivity contribution in [2.75, 3.05) is 26.2 Å². The van der Waals surface area contributed by atoms with Crippen molar-refractivity contribution in [3.63, 3.8) is 0 Å². The van der Waals surface area contributed by atoms with E-state index in [4.69, 9.17) is 16.3 Å². The Morgan fingerprint density at radius 1 is 1.20 bits per heavy atom. The van der Waals surface area contributed by atoms with Crippen molar-refractivity contribution in [3.05, 3.63) is 70.0 Å². The molecule has 0 amide bonds. The van der Waals surface area contributed by atoms with Crippen LogP contribution in [-0.2, 0) is 0 Å². The average Bonchev–Trinajstić information content (AvgIpc) is 3.40. The van der Waals surface area contributed by atoms with Gasteiger partial charge in [-0.05, 0) is 53.1 Å². The molecular formula is C24H23ClN2O2S. The summed E-state index contributed by atoms with van der Waals surface area (Å²) in [5.41, 5.74) is 2.41. The molecule has 0 aliphatic carbocycles. The van der Waals surface area contributed by atoms with Crippen LogP contribution in [0.1, 0.15) is 11.3 Å². The summed E-state index contributed by atoms with van der Waals surface area (Å²) in [5.74, 6) is 0.803. The third-order valence-corrected chi connectivity index (χ3v) is 6.93. The lowest BCUT2D eigenvalue weighted by Crippen LogP contribution is -2.38. The molecule has 1 unspecified atom stereocenters. The van der Waals surface area contributed by atoms with Gasteiger partial charge in [-0.25, -0.2) is 0 Å². The first-order chi connectivity index (χ1) is 14.7. The van der Waals surface area contributed by atoms with Crippen molar-refractivity contribution in [3.8, 4) is 5.75 Å². The van der Waals surface area contributed by atoms with Crippen molar-refractivity contribution < 1.29 is 9.84 Å². The van der Waals surface area contributed by atoms with Crippen LogP contribution in [0.4, 0.5) is 0 Å². The van der Waals surface area contributed by atoms with E-state index in [2.05, 4.69) is 33.5 Å². The van der Waals surface area contributed by atoms with Crippen molar-refractivity contribution in [1.29, 1.82) is 0 Å². The molecule has 1 aliphatic heterocycles. The average molecular weight is 439 g/mol. The number of fused-ring (bicyclic) bond motifs is 2. The highest BCUT2D eigenvalue weighted by molar-refractivity contribution is 7.12. The lowest BCUT2D eigenvalue weighted by molar-refractivity contribution is 0.0723. The Morgan fingerprint density at radius 2 is 2.13 bits per heavy atom. The van der Waals surface area contributed by atoms with Crippen LogP contribution in [0.25, 0.3) is 27.2 Å². The van der Waals surface area contributed by atoms with Gasteiger partial charge in [-0.2, -0.15) is 0 Å². The van der Waals surface area contributed by atoms with Crippen LogP contribution in [0.15, 0.2) is 60.1 Å². The number of nitrogens with zero attached hydrogens (tertiary/aromatic N) is 1. The number of H-pyrrole nitrogens is 1. The normalized spacial score (nSPS) is 16.1. The third kappa shape index (κ3) is 3.98. The first-order valence-electron chi connectivity index (χ1n) is 10.1. The molecule has 5 rings (SSSR count). The van der Waals surface area contributed by atoms with Gasteiger partial charge in [0.15, 0.2) is 0 Å². The number of hydrogen-bond donors (Lipinski definition) is 2. The summed E-state index contributed by atoms with van der Waals surface area (Å²) < 4.78 is 5.90. The van der Waals surface area contributed by atoms with Crippen LogP contribution in [0, 0.1) is 0 Å². The van der Waals surface area contributed by atoms with Crippen molar-refractivity contribution in [2.45, 2.75) is 12.5 Å². The second-order valence-corrected chi connectivity index (χ2v) is 9.01. The zero-order valence-corrected chi connectivity index (χ0v) is 18.0. The Bertz CT molecular complexity index is 1210. The van der Waals surface area contributed by atoms with E-state index in [0.717, 1.165) is 41.2 Å². The van der Waals surface area contributed by atoms with E-state index in [9.17, 15) is 5.11 Å². The minimum absolute atomic E-state index is 0.283. The number of aliphatic hydroxyl groups excluding tert-OH is 1. The monoisotopic (exact) mass is 438 g/mol. The minimum atomic E-state index is -0.532. The fourth-order valence-corrected chi connectivity index (χ4v) is 5.33. The molecule has 2 N–H and O–H groups in total. The number of ether oxygens (including phenoxy) is 1. The van der Waals surface area contributed by atoms with Crippen LogP contribution in [-0.4, -0.2) is 47.3 Å². The number of rotatable bonds is 6. The molecule has 3 heterocycles. The van der Waals surface area contributed by atoms with Crippen LogP contribution in [0.2, 0.25) is 5.02 Å². The number of hydrogen-bond acceptors (Lipinski definition) is 4. The van der Waals surface area contributed by atoms with Gasteiger partial charge in [-0.15, -0.1) is 11.3 Å². The molecule has 0 saturated carbocycles. The van der Waals surface area contributed by atoms with Gasteiger partial charge >= 0.3 is 0 Å². The number of aromatic amines is 1. The van der Waals surface area contributed by atoms with E-state index < -0.39 is 6.10 Å². The maximum Gasteiger partial charge on any atom is 0.128 e. The summed E-state index contributed by atoms with van der Waals surface area (Å²) in [4.78, 5) is 6.77. The van der Waals surface area contributed by atoms with E-state index >= 15 is 0 Å². The molecule has 30 heavy (non-hydrogen) atoms. The molecule has 4 aromatic rings. The first-order valence-corrected chi connectivity index (χ1v) is 11.4. The fourth-order valence-electron chi connectivity index (χ4n) is 4.06. The zero-order valence-electron chi connectivity index (χ0n) is 16.5. The highest BCUT2D eigenvalue weighted by Gasteiger charge is 2.19. The summed E-state index contributed by atoms with van der Waals surface area (Å²) in [7, 11) is 0. The van der Waals surface area contributed by atoms with Gasteiger partial charge in [-0.3, -0.25) is 4.90 Å². The standard InChI is InChI=1S/C24H23ClN2O2S/c25-18-5-4-17-15-30-24(21(17)12-18)16-7-10-27(11-8-16)13-19(28)14-29-23-3-1-2-22-20(23)6-9-26-22/h1-7,9,12,15,19,26,28H,8,10-11,13-14H2. The molecule has 1 aliphatic rings. The smallest absolute Gasteiger partial charge is 0.128 e. The SMILES string of the molecule is OC(COc1cccc2[nH]ccc12)CN1CC=C(c2scc3ccc(Cl)cc23)CC1. The molecule has 6 heteroatoms. The number of aromatic nitrogens is 1. The molecule has 0 bridgehead atoms. The van der Waals surface area contributed by atoms with E-state index in [1.165, 1.54) is 21.2 Å². The van der Waals surface area contributed by atoms with Gasteiger partial charge in [0.05, 0.1) is 0 Å². The number of benzene rings is 2. The number of halogens is 1. The van der Waals surface area contributed by atoms with E-state index in [1.807, 2.05) is 36.5 Å². The van der Waals surface area contributed by atoms with Crippen molar-refractivity contribution in [1.82, 2.24) is 9.88 Å². The molecule has 154 valence electrons. The summed E-state index contributed by atoms with van der Waals surface area (Å²) in [6, 6.07) is 14.0. The summed E-state index contributed by atoms with van der Waals surface area (Å²) in [6.07, 6.45) is 4.62. The predicted molar refractivity (Wildman–Crippen MR) is 126 cm³/mol. The summed E-state index contributed by atoms with van der Waals surface area (Å²) >= 11 is 7.99. The Hall–Kier alpha value is -2.31. The molecule has 0 saturated heterocycles. The predicted octanol–water partition coefficient (Wildman–Crippen LogP) is 5.57. The lowest BCUT2D eigenvalue weighted by atomic mass is 10.0. The van der Waals surface area contributed by atoms with Gasteiger partial charge in [0, 0.05) is 52.0 Å². The maximum absolute atomic E-state index is 10.5. The lowest BCUT2D eigenvalue weighted by Gasteiger charge is -2.28. The molecular weight excluding hydrogens is 416 g/mol. The Morgan fingerprint density at radius 3 is 3.00 bits per heavy atom. The van der Waals surface area contributed by atoms with Crippen LogP contribution >= 0.6 is 22.9 Å². The quantitative estimate of drug-likeness (QED) is 0.414. The molecule has 0 spiro atoms. The van der Waals surface area contributed by atoms with E-state index in [1.54, 1.807) is 11.3 Å². The number of β-amino-alcohol motifs (C(OH)–C–C–N with tert-alkyl or cyclic N) is 1. The molecule has 0 radical (unpaired) electrons. The van der Waals surface area contributed by atoms with Gasteiger partial charge in [0.25, 0.3) is 0 Å². The van der Waals surface area contributed by atoms with Crippen LogP contribution < -0.4 is 4.74 Å². The molecule has 1 atom stereocenters. The molecule has 0 fully saturated rings. The van der Waals surface area contributed by atoms with Gasteiger partial charge in [0.2, 0.25) is 0 Å². The van der Waals surface area contributed by atoms with Crippen molar-refractivity contribution in [2.24, 2.45) is 0 Å². The highest BCUT2D eigenvalue weighted by atomic mass is 35.5. The van der Waals surface area contributed by atoms with E-state index in [-0.39, 0.29) is 6.61 Å². The summed E-state index contributed by atoms with van der Waals surface area (Å²) in [6.45, 7) is 2.64.